The molecule has 0 radical (unpaired) electrons. The maximum atomic E-state index is 12.5. The lowest BCUT2D eigenvalue weighted by Crippen LogP contribution is -2.37. The highest BCUT2D eigenvalue weighted by Crippen LogP contribution is 2.43. The van der Waals surface area contributed by atoms with Crippen LogP contribution < -0.4 is 0 Å². The Morgan fingerprint density at radius 3 is 1.93 bits per heavy atom. The Hall–Kier alpha value is -2.03. The van der Waals surface area contributed by atoms with Crippen LogP contribution in [0.25, 0.3) is 0 Å². The fraction of sp³-hybridized carbons (Fsp3) is 0.706. The quantitative estimate of drug-likeness (QED) is 0.0301. The molecule has 0 rings (SSSR count). The third-order valence-corrected chi connectivity index (χ3v) is 7.45. The van der Waals surface area contributed by atoms with Gasteiger partial charge in [0.05, 0.1) is 27.7 Å². The number of carbonyl (C=O) groups excluding carboxylic acids is 2. The number of allylic oxidation sites excluding steroid dienone is 8. The van der Waals surface area contributed by atoms with Gasteiger partial charge in [-0.2, -0.15) is 0 Å². The molecule has 254 valence electrons. The van der Waals surface area contributed by atoms with E-state index in [4.69, 9.17) is 18.5 Å². The molecule has 0 saturated carbocycles. The smallest absolute Gasteiger partial charge is 0.462 e. The normalized spacial score (nSPS) is 14.6. The van der Waals surface area contributed by atoms with Crippen molar-refractivity contribution in [1.82, 2.24) is 0 Å². The largest absolute Gasteiger partial charge is 0.472 e. The van der Waals surface area contributed by atoms with Crippen LogP contribution >= 0.6 is 7.82 Å². The highest BCUT2D eigenvalue weighted by atomic mass is 31.2. The van der Waals surface area contributed by atoms with E-state index in [1.807, 2.05) is 57.6 Å². The number of hydrogen-bond donors (Lipinski definition) is 1. The van der Waals surface area contributed by atoms with Gasteiger partial charge in [0, 0.05) is 12.8 Å². The number of unbranched alkanes of at least 4 members (excludes halogenated alkanes) is 9. The summed E-state index contributed by atoms with van der Waals surface area (Å²) in [5.74, 6) is -0.860. The summed E-state index contributed by atoms with van der Waals surface area (Å²) in [6, 6.07) is 0. The van der Waals surface area contributed by atoms with Crippen molar-refractivity contribution in [3.05, 3.63) is 48.6 Å². The lowest BCUT2D eigenvalue weighted by Gasteiger charge is -2.24. The van der Waals surface area contributed by atoms with Crippen LogP contribution in [0.3, 0.4) is 0 Å². The van der Waals surface area contributed by atoms with E-state index >= 15 is 0 Å². The van der Waals surface area contributed by atoms with Crippen molar-refractivity contribution < 1.29 is 42.1 Å². The van der Waals surface area contributed by atoms with Gasteiger partial charge in [-0.15, -0.1) is 0 Å². The molecular formula is C34H61NO8P+. The maximum absolute atomic E-state index is 12.5. The first-order valence-electron chi connectivity index (χ1n) is 16.4. The van der Waals surface area contributed by atoms with E-state index in [0.29, 0.717) is 17.4 Å². The molecule has 0 aromatic heterocycles. The predicted octanol–water partition coefficient (Wildman–Crippen LogP) is 8.01. The Morgan fingerprint density at radius 2 is 1.30 bits per heavy atom. The zero-order valence-corrected chi connectivity index (χ0v) is 29.0. The number of hydrogen-bond acceptors (Lipinski definition) is 7. The first-order valence-corrected chi connectivity index (χ1v) is 17.9. The fourth-order valence-corrected chi connectivity index (χ4v) is 4.59. The monoisotopic (exact) mass is 642 g/mol. The molecule has 44 heavy (non-hydrogen) atoms. The average Bonchev–Trinajstić information content (AvgIpc) is 2.95. The number of esters is 2. The Labute approximate surface area is 267 Å². The van der Waals surface area contributed by atoms with E-state index in [-0.39, 0.29) is 26.1 Å². The molecule has 0 aromatic carbocycles. The van der Waals surface area contributed by atoms with Gasteiger partial charge < -0.3 is 18.9 Å². The first kappa shape index (κ1) is 42.0. The van der Waals surface area contributed by atoms with Crippen LogP contribution in [-0.4, -0.2) is 74.9 Å². The number of likely N-dealkylation sites (N-methyl/N-ethyl adjacent to an activating group) is 1. The molecule has 0 amide bonds. The van der Waals surface area contributed by atoms with Crippen LogP contribution in [0.4, 0.5) is 0 Å². The highest BCUT2D eigenvalue weighted by molar-refractivity contribution is 7.47. The molecule has 2 unspecified atom stereocenters. The Morgan fingerprint density at radius 1 is 0.727 bits per heavy atom. The van der Waals surface area contributed by atoms with Crippen LogP contribution in [0, 0.1) is 0 Å². The summed E-state index contributed by atoms with van der Waals surface area (Å²) >= 11 is 0. The molecule has 0 spiro atoms. The van der Waals surface area contributed by atoms with Crippen molar-refractivity contribution in [2.24, 2.45) is 0 Å². The van der Waals surface area contributed by atoms with Gasteiger partial charge in [-0.3, -0.25) is 18.6 Å². The molecule has 0 aliphatic carbocycles. The van der Waals surface area contributed by atoms with Gasteiger partial charge in [0.15, 0.2) is 6.10 Å². The minimum absolute atomic E-state index is 0.0222. The summed E-state index contributed by atoms with van der Waals surface area (Å²) in [5.41, 5.74) is 0. The second-order valence-electron chi connectivity index (χ2n) is 11.9. The molecule has 0 aromatic rings. The summed E-state index contributed by atoms with van der Waals surface area (Å²) in [6.07, 6.45) is 27.6. The third kappa shape index (κ3) is 30.0. The summed E-state index contributed by atoms with van der Waals surface area (Å²) in [6.45, 7) is 4.13. The number of rotatable bonds is 28. The Bertz CT molecular complexity index is 907. The molecule has 10 heteroatoms. The predicted molar refractivity (Wildman–Crippen MR) is 178 cm³/mol. The summed E-state index contributed by atoms with van der Waals surface area (Å²) in [7, 11) is 1.44. The van der Waals surface area contributed by atoms with E-state index < -0.39 is 32.5 Å². The summed E-state index contributed by atoms with van der Waals surface area (Å²) in [5, 5.41) is 0. The molecular weight excluding hydrogens is 581 g/mol. The fourth-order valence-electron chi connectivity index (χ4n) is 3.84. The lowest BCUT2D eigenvalue weighted by molar-refractivity contribution is -0.870. The zero-order chi connectivity index (χ0) is 32.9. The van der Waals surface area contributed by atoms with Crippen molar-refractivity contribution in [2.75, 3.05) is 47.5 Å². The van der Waals surface area contributed by atoms with Crippen LogP contribution in [0.15, 0.2) is 48.6 Å². The van der Waals surface area contributed by atoms with Gasteiger partial charge >= 0.3 is 19.8 Å². The number of phosphoric ester groups is 1. The van der Waals surface area contributed by atoms with Crippen LogP contribution in [-0.2, 0) is 32.7 Å². The molecule has 0 heterocycles. The molecule has 0 aliphatic rings. The minimum atomic E-state index is -4.37. The Balaban J connectivity index is 4.61. The number of phosphoric acid groups is 1. The Kier molecular flexibility index (Phi) is 26.0. The number of carbonyl (C=O) groups is 2. The van der Waals surface area contributed by atoms with Gasteiger partial charge in [-0.05, 0) is 32.1 Å². The lowest BCUT2D eigenvalue weighted by atomic mass is 10.1. The van der Waals surface area contributed by atoms with Crippen molar-refractivity contribution in [3.63, 3.8) is 0 Å². The standard InChI is InChI=1S/C34H60NO8P/c1-6-8-10-12-14-15-16-17-18-19-21-23-25-27-34(37)43-32(31-42-44(38,39)41-29-28-35(3,4)5)30-40-33(36)26-24-22-20-13-11-9-7-2/h8,10,12,14-18,32H,6-7,9,11,13,19-31H2,1-5H3/p+1/b10-8+,14-12+,16-15+,18-17+. The van der Waals surface area contributed by atoms with Gasteiger partial charge in [-0.25, -0.2) is 4.57 Å². The van der Waals surface area contributed by atoms with Gasteiger partial charge in [-0.1, -0.05) is 107 Å². The highest BCUT2D eigenvalue weighted by Gasteiger charge is 2.27. The molecule has 0 saturated heterocycles. The first-order chi connectivity index (χ1) is 21.0. The summed E-state index contributed by atoms with van der Waals surface area (Å²) in [4.78, 5) is 34.8. The average molecular weight is 643 g/mol. The maximum Gasteiger partial charge on any atom is 0.472 e. The summed E-state index contributed by atoms with van der Waals surface area (Å²) < 4.78 is 33.9. The van der Waals surface area contributed by atoms with E-state index in [2.05, 4.69) is 26.0 Å². The molecule has 9 nitrogen and oxygen atoms in total. The van der Waals surface area contributed by atoms with Crippen molar-refractivity contribution in [3.8, 4) is 0 Å². The second-order valence-corrected chi connectivity index (χ2v) is 13.4. The van der Waals surface area contributed by atoms with Crippen LogP contribution in [0.2, 0.25) is 0 Å². The molecule has 0 fully saturated rings. The van der Waals surface area contributed by atoms with Gasteiger partial charge in [0.25, 0.3) is 0 Å². The number of nitrogens with zero attached hydrogens (tertiary/aromatic N) is 1. The topological polar surface area (TPSA) is 108 Å². The SMILES string of the molecule is CC/C=C/C=C/C=C/C=C/CCCCCC(=O)OC(COC(=O)CCCCCCCCC)COP(=O)(O)OCC[N+](C)(C)C. The zero-order valence-electron chi connectivity index (χ0n) is 28.1. The number of quaternary nitrogens is 1. The third-order valence-electron chi connectivity index (χ3n) is 6.47. The van der Waals surface area contributed by atoms with Gasteiger partial charge in [0.2, 0.25) is 0 Å². The van der Waals surface area contributed by atoms with Gasteiger partial charge in [0.1, 0.15) is 19.8 Å². The van der Waals surface area contributed by atoms with Crippen LogP contribution in [0.1, 0.15) is 104 Å². The van der Waals surface area contributed by atoms with Crippen molar-refractivity contribution in [1.29, 1.82) is 0 Å². The minimum Gasteiger partial charge on any atom is -0.462 e. The van der Waals surface area contributed by atoms with Crippen molar-refractivity contribution >= 4 is 19.8 Å². The second kappa shape index (κ2) is 27.3. The van der Waals surface area contributed by atoms with Crippen molar-refractivity contribution in [2.45, 2.75) is 110 Å². The van der Waals surface area contributed by atoms with E-state index in [1.165, 1.54) is 25.7 Å². The molecule has 2 atom stereocenters. The molecule has 0 aliphatic heterocycles. The molecule has 0 bridgehead atoms. The van der Waals surface area contributed by atoms with E-state index in [0.717, 1.165) is 44.9 Å². The number of ether oxygens (including phenoxy) is 2. The van der Waals surface area contributed by atoms with E-state index in [1.54, 1.807) is 0 Å². The molecule has 1 N–H and O–H groups in total. The van der Waals surface area contributed by atoms with E-state index in [9.17, 15) is 19.0 Å². The van der Waals surface area contributed by atoms with Crippen LogP contribution in [0.5, 0.6) is 0 Å².